The molecule has 4 rings (SSSR count). The summed E-state index contributed by atoms with van der Waals surface area (Å²) in [4.78, 5) is 11.8. The van der Waals surface area contributed by atoms with Crippen LogP contribution in [0.3, 0.4) is 0 Å². The van der Waals surface area contributed by atoms with Gasteiger partial charge in [0.1, 0.15) is 6.54 Å². The number of carboxylic acids is 1. The average Bonchev–Trinajstić information content (AvgIpc) is 3.13. The quantitative estimate of drug-likeness (QED) is 0.329. The minimum Gasteiger partial charge on any atom is -0.480 e. The van der Waals surface area contributed by atoms with E-state index in [1.165, 1.54) is 47.0 Å². The Labute approximate surface area is 206 Å². The van der Waals surface area contributed by atoms with Crippen molar-refractivity contribution in [2.45, 2.75) is 35.9 Å². The van der Waals surface area contributed by atoms with E-state index in [4.69, 9.17) is 0 Å². The Morgan fingerprint density at radius 3 is 2.17 bits per heavy atom. The van der Waals surface area contributed by atoms with Gasteiger partial charge in [-0.15, -0.1) is 0 Å². The molecule has 1 N–H and O–H groups in total. The number of carbonyl (C=O) groups is 1. The van der Waals surface area contributed by atoms with E-state index >= 15 is 0 Å². The molecule has 0 unspecified atom stereocenters. The van der Waals surface area contributed by atoms with Crippen molar-refractivity contribution in [2.75, 3.05) is 0 Å². The number of nitrogens with zero attached hydrogens (tertiary/aromatic N) is 1. The minimum absolute atomic E-state index is 0.0822. The van der Waals surface area contributed by atoms with Crippen LogP contribution >= 0.6 is 0 Å². The highest BCUT2D eigenvalue weighted by Gasteiger charge is 2.34. The Balaban J connectivity index is 1.85. The number of sulfone groups is 1. The molecule has 0 fully saturated rings. The number of benzene rings is 3. The molecule has 0 spiro atoms. The standard InChI is InChI=1S/C27H22F3NO4S/c1-18-20(15-19-9-5-8-14-25(19)36(34,35)21-10-3-2-4-11-21)16-24(31(18)17-26(32)33)22-12-6-7-13-23(22)27(28,29)30/h2-14,16H,15,17H2,1H3,(H,32,33). The average molecular weight is 514 g/mol. The number of alkyl halides is 3. The van der Waals surface area contributed by atoms with Crippen LogP contribution in [0.15, 0.2) is 94.7 Å². The third-order valence-electron chi connectivity index (χ3n) is 5.97. The van der Waals surface area contributed by atoms with Crippen molar-refractivity contribution in [3.05, 3.63) is 107 Å². The first kappa shape index (κ1) is 25.2. The van der Waals surface area contributed by atoms with E-state index in [1.807, 2.05) is 0 Å². The normalized spacial score (nSPS) is 12.0. The van der Waals surface area contributed by atoms with Crippen molar-refractivity contribution in [3.63, 3.8) is 0 Å². The maximum Gasteiger partial charge on any atom is 0.417 e. The fraction of sp³-hybridized carbons (Fsp3) is 0.148. The summed E-state index contributed by atoms with van der Waals surface area (Å²) < 4.78 is 69.2. The summed E-state index contributed by atoms with van der Waals surface area (Å²) in [6.07, 6.45) is -4.55. The van der Waals surface area contributed by atoms with E-state index in [9.17, 15) is 31.5 Å². The molecule has 0 aliphatic heterocycles. The topological polar surface area (TPSA) is 76.4 Å². The van der Waals surface area contributed by atoms with Crippen LogP contribution in [-0.2, 0) is 33.8 Å². The zero-order chi connectivity index (χ0) is 26.1. The maximum atomic E-state index is 13.7. The Kier molecular flexibility index (Phi) is 6.77. The Morgan fingerprint density at radius 2 is 1.50 bits per heavy atom. The van der Waals surface area contributed by atoms with Gasteiger partial charge in [-0.25, -0.2) is 8.42 Å². The number of hydrogen-bond acceptors (Lipinski definition) is 3. The summed E-state index contributed by atoms with van der Waals surface area (Å²) in [5.41, 5.74) is 0.488. The number of rotatable bonds is 7. The lowest BCUT2D eigenvalue weighted by Crippen LogP contribution is -2.13. The number of hydrogen-bond donors (Lipinski definition) is 1. The van der Waals surface area contributed by atoms with Crippen molar-refractivity contribution in [3.8, 4) is 11.3 Å². The summed E-state index contributed by atoms with van der Waals surface area (Å²) >= 11 is 0. The molecule has 0 bridgehead atoms. The van der Waals surface area contributed by atoms with Crippen LogP contribution in [0.5, 0.6) is 0 Å². The van der Waals surface area contributed by atoms with Gasteiger partial charge in [0, 0.05) is 23.4 Å². The fourth-order valence-corrected chi connectivity index (χ4v) is 5.75. The Morgan fingerprint density at radius 1 is 0.889 bits per heavy atom. The molecule has 0 amide bonds. The molecule has 5 nitrogen and oxygen atoms in total. The van der Waals surface area contributed by atoms with E-state index < -0.39 is 34.1 Å². The third-order valence-corrected chi connectivity index (χ3v) is 7.84. The summed E-state index contributed by atoms with van der Waals surface area (Å²) in [5, 5.41) is 9.45. The van der Waals surface area contributed by atoms with Gasteiger partial charge in [-0.2, -0.15) is 13.2 Å². The second-order valence-corrected chi connectivity index (χ2v) is 10.2. The minimum atomic E-state index is -4.64. The summed E-state index contributed by atoms with van der Waals surface area (Å²) in [6, 6.07) is 20.8. The highest BCUT2D eigenvalue weighted by Crippen LogP contribution is 2.39. The van der Waals surface area contributed by atoms with Crippen LogP contribution < -0.4 is 0 Å². The van der Waals surface area contributed by atoms with Gasteiger partial charge in [-0.05, 0) is 48.4 Å². The van der Waals surface area contributed by atoms with Crippen molar-refractivity contribution in [1.29, 1.82) is 0 Å². The largest absolute Gasteiger partial charge is 0.480 e. The van der Waals surface area contributed by atoms with E-state index in [-0.39, 0.29) is 27.5 Å². The van der Waals surface area contributed by atoms with Crippen LogP contribution in [0.25, 0.3) is 11.3 Å². The molecule has 0 saturated heterocycles. The molecule has 1 heterocycles. The number of aliphatic carboxylic acids is 1. The lowest BCUT2D eigenvalue weighted by Gasteiger charge is -2.15. The van der Waals surface area contributed by atoms with Crippen LogP contribution in [0.4, 0.5) is 13.2 Å². The van der Waals surface area contributed by atoms with Crippen molar-refractivity contribution < 1.29 is 31.5 Å². The van der Waals surface area contributed by atoms with Gasteiger partial charge in [0.05, 0.1) is 15.4 Å². The van der Waals surface area contributed by atoms with Crippen LogP contribution in [-0.4, -0.2) is 24.1 Å². The second kappa shape index (κ2) is 9.66. The van der Waals surface area contributed by atoms with Gasteiger partial charge in [0.25, 0.3) is 0 Å². The maximum absolute atomic E-state index is 13.7. The lowest BCUT2D eigenvalue weighted by molar-refractivity contribution is -0.138. The first-order chi connectivity index (χ1) is 17.0. The van der Waals surface area contributed by atoms with E-state index in [0.29, 0.717) is 16.8 Å². The first-order valence-electron chi connectivity index (χ1n) is 11.0. The molecule has 36 heavy (non-hydrogen) atoms. The summed E-state index contributed by atoms with van der Waals surface area (Å²) in [6.45, 7) is 1.07. The van der Waals surface area contributed by atoms with Gasteiger partial charge >= 0.3 is 12.1 Å². The van der Waals surface area contributed by atoms with Crippen molar-refractivity contribution in [2.24, 2.45) is 0 Å². The van der Waals surface area contributed by atoms with Crippen molar-refractivity contribution >= 4 is 15.8 Å². The molecule has 0 aliphatic carbocycles. The van der Waals surface area contributed by atoms with Gasteiger partial charge in [-0.3, -0.25) is 4.79 Å². The monoisotopic (exact) mass is 513 g/mol. The smallest absolute Gasteiger partial charge is 0.417 e. The van der Waals surface area contributed by atoms with Gasteiger partial charge < -0.3 is 9.67 Å². The molecular weight excluding hydrogens is 491 g/mol. The molecule has 3 aromatic carbocycles. The molecule has 186 valence electrons. The first-order valence-corrected chi connectivity index (χ1v) is 12.4. The highest BCUT2D eigenvalue weighted by molar-refractivity contribution is 7.91. The number of aromatic nitrogens is 1. The Bertz CT molecular complexity index is 1520. The van der Waals surface area contributed by atoms with E-state index in [2.05, 4.69) is 0 Å². The number of halogens is 3. The van der Waals surface area contributed by atoms with Crippen LogP contribution in [0.1, 0.15) is 22.4 Å². The van der Waals surface area contributed by atoms with Crippen LogP contribution in [0.2, 0.25) is 0 Å². The van der Waals surface area contributed by atoms with Gasteiger partial charge in [-0.1, -0.05) is 54.6 Å². The zero-order valence-electron chi connectivity index (χ0n) is 19.2. The lowest BCUT2D eigenvalue weighted by atomic mass is 10.0. The molecule has 1 aromatic heterocycles. The SMILES string of the molecule is Cc1c(Cc2ccccc2S(=O)(=O)c2ccccc2)cc(-c2ccccc2C(F)(F)F)n1CC(=O)O. The van der Waals surface area contributed by atoms with Gasteiger partial charge in [0.15, 0.2) is 0 Å². The van der Waals surface area contributed by atoms with Crippen LogP contribution in [0, 0.1) is 6.92 Å². The predicted octanol–water partition coefficient (Wildman–Crippen LogP) is 5.99. The fourth-order valence-electron chi connectivity index (χ4n) is 4.24. The molecule has 0 radical (unpaired) electrons. The number of carboxylic acid groups (broad SMARTS) is 1. The molecule has 4 aromatic rings. The molecular formula is C27H22F3NO4S. The molecule has 0 aliphatic rings. The molecule has 0 saturated carbocycles. The summed E-state index contributed by atoms with van der Waals surface area (Å²) in [7, 11) is -3.85. The molecule has 9 heteroatoms. The Hall–Kier alpha value is -3.85. The third kappa shape index (κ3) is 4.92. The summed E-state index contributed by atoms with van der Waals surface area (Å²) in [5.74, 6) is -1.21. The zero-order valence-corrected chi connectivity index (χ0v) is 20.0. The highest BCUT2D eigenvalue weighted by atomic mass is 32.2. The molecule has 0 atom stereocenters. The van der Waals surface area contributed by atoms with Gasteiger partial charge in [0.2, 0.25) is 9.84 Å². The van der Waals surface area contributed by atoms with Crippen molar-refractivity contribution in [1.82, 2.24) is 4.57 Å². The second-order valence-electron chi connectivity index (χ2n) is 8.26. The van der Waals surface area contributed by atoms with E-state index in [1.54, 1.807) is 43.3 Å². The van der Waals surface area contributed by atoms with E-state index in [0.717, 1.165) is 6.07 Å². The predicted molar refractivity (Wildman–Crippen MR) is 128 cm³/mol.